The van der Waals surface area contributed by atoms with Gasteiger partial charge in [-0.2, -0.15) is 0 Å². The first-order valence-electron chi connectivity index (χ1n) is 5.67. The fourth-order valence-corrected chi connectivity index (χ4v) is 3.43. The Morgan fingerprint density at radius 2 is 2.00 bits per heavy atom. The number of thiocarbonyl (C=S) groups is 1. The highest BCUT2D eigenvalue weighted by Gasteiger charge is 2.25. The first kappa shape index (κ1) is 14.5. The van der Waals surface area contributed by atoms with Gasteiger partial charge in [0.1, 0.15) is 10.7 Å². The quantitative estimate of drug-likeness (QED) is 0.834. The molecule has 0 aliphatic carbocycles. The predicted molar refractivity (Wildman–Crippen MR) is 79.1 cm³/mol. The van der Waals surface area contributed by atoms with E-state index in [-0.39, 0.29) is 15.6 Å². The van der Waals surface area contributed by atoms with Gasteiger partial charge in [0.15, 0.2) is 10.7 Å². The van der Waals surface area contributed by atoms with Crippen LogP contribution in [0.3, 0.4) is 0 Å². The van der Waals surface area contributed by atoms with Gasteiger partial charge in [-0.05, 0) is 26.0 Å². The van der Waals surface area contributed by atoms with Crippen molar-refractivity contribution in [2.24, 2.45) is 5.73 Å². The molecule has 0 spiro atoms. The maximum absolute atomic E-state index is 12.4. The number of hydrogen-bond acceptors (Lipinski definition) is 5. The van der Waals surface area contributed by atoms with Crippen LogP contribution in [0.1, 0.15) is 17.0 Å². The van der Waals surface area contributed by atoms with Crippen molar-refractivity contribution in [1.82, 2.24) is 5.16 Å². The Labute approximate surface area is 122 Å². The fourth-order valence-electron chi connectivity index (χ4n) is 1.84. The second kappa shape index (κ2) is 5.22. The van der Waals surface area contributed by atoms with E-state index in [4.69, 9.17) is 22.5 Å². The molecule has 1 heterocycles. The standard InChI is InChI=1S/C12H13N3O3S2/c1-7-11(8(2)18-14-7)20(16,17)15-10-6-4-3-5-9(10)12(13)19/h3-6,15H,1-2H3,(H2,13,19). The van der Waals surface area contributed by atoms with E-state index in [9.17, 15) is 8.42 Å². The second-order valence-electron chi connectivity index (χ2n) is 4.17. The number of rotatable bonds is 4. The van der Waals surface area contributed by atoms with E-state index in [0.29, 0.717) is 16.9 Å². The van der Waals surface area contributed by atoms with E-state index in [0.717, 1.165) is 0 Å². The summed E-state index contributed by atoms with van der Waals surface area (Å²) < 4.78 is 32.1. The van der Waals surface area contributed by atoms with Crippen LogP contribution in [0, 0.1) is 13.8 Å². The number of aryl methyl sites for hydroxylation is 2. The van der Waals surface area contributed by atoms with Crippen molar-refractivity contribution < 1.29 is 12.9 Å². The third kappa shape index (κ3) is 2.66. The molecule has 0 unspecified atom stereocenters. The van der Waals surface area contributed by atoms with Gasteiger partial charge in [0.25, 0.3) is 10.0 Å². The zero-order valence-electron chi connectivity index (χ0n) is 10.9. The lowest BCUT2D eigenvalue weighted by atomic mass is 10.2. The molecule has 20 heavy (non-hydrogen) atoms. The molecule has 1 aromatic heterocycles. The molecular formula is C12H13N3O3S2. The monoisotopic (exact) mass is 311 g/mol. The van der Waals surface area contributed by atoms with Gasteiger partial charge in [0.05, 0.1) is 5.69 Å². The van der Waals surface area contributed by atoms with E-state index >= 15 is 0 Å². The highest BCUT2D eigenvalue weighted by atomic mass is 32.2. The fraction of sp³-hybridized carbons (Fsp3) is 0.167. The summed E-state index contributed by atoms with van der Waals surface area (Å²) in [6.07, 6.45) is 0. The van der Waals surface area contributed by atoms with Gasteiger partial charge in [0, 0.05) is 5.56 Å². The number of para-hydroxylation sites is 1. The van der Waals surface area contributed by atoms with Crippen molar-refractivity contribution in [3.8, 4) is 0 Å². The third-order valence-electron chi connectivity index (χ3n) is 2.67. The average Bonchev–Trinajstić information content (AvgIpc) is 2.69. The number of benzene rings is 1. The number of anilines is 1. The summed E-state index contributed by atoms with van der Waals surface area (Å²) in [6.45, 7) is 3.10. The van der Waals surface area contributed by atoms with Crippen LogP contribution < -0.4 is 10.5 Å². The molecule has 0 aliphatic rings. The van der Waals surface area contributed by atoms with Crippen LogP contribution in [0.2, 0.25) is 0 Å². The molecule has 2 aromatic rings. The number of nitrogens with one attached hydrogen (secondary N) is 1. The smallest absolute Gasteiger partial charge is 0.267 e. The lowest BCUT2D eigenvalue weighted by molar-refractivity contribution is 0.390. The first-order chi connectivity index (χ1) is 9.33. The summed E-state index contributed by atoms with van der Waals surface area (Å²) in [5, 5.41) is 3.64. The SMILES string of the molecule is Cc1noc(C)c1S(=O)(=O)Nc1ccccc1C(N)=S. The van der Waals surface area contributed by atoms with Crippen molar-refractivity contribution in [2.75, 3.05) is 4.72 Å². The molecule has 106 valence electrons. The third-order valence-corrected chi connectivity index (χ3v) is 4.50. The Hall–Kier alpha value is -1.93. The number of hydrogen-bond donors (Lipinski definition) is 2. The number of nitrogens with two attached hydrogens (primary N) is 1. The molecule has 0 aliphatic heterocycles. The highest BCUT2D eigenvalue weighted by Crippen LogP contribution is 2.24. The van der Waals surface area contributed by atoms with Gasteiger partial charge in [-0.15, -0.1) is 0 Å². The van der Waals surface area contributed by atoms with Gasteiger partial charge in [-0.3, -0.25) is 4.72 Å². The Morgan fingerprint density at radius 3 is 2.55 bits per heavy atom. The second-order valence-corrected chi connectivity index (χ2v) is 6.23. The van der Waals surface area contributed by atoms with Gasteiger partial charge < -0.3 is 10.3 Å². The lowest BCUT2D eigenvalue weighted by Crippen LogP contribution is -2.18. The molecule has 6 nitrogen and oxygen atoms in total. The summed E-state index contributed by atoms with van der Waals surface area (Å²) in [4.78, 5) is 0.136. The van der Waals surface area contributed by atoms with Crippen LogP contribution in [0.15, 0.2) is 33.7 Å². The molecule has 0 radical (unpaired) electrons. The average molecular weight is 311 g/mol. The normalized spacial score (nSPS) is 11.3. The van der Waals surface area contributed by atoms with Gasteiger partial charge in [0.2, 0.25) is 0 Å². The van der Waals surface area contributed by atoms with Crippen LogP contribution in [0.25, 0.3) is 0 Å². The van der Waals surface area contributed by atoms with Gasteiger partial charge in [-0.25, -0.2) is 8.42 Å². The van der Waals surface area contributed by atoms with Crippen molar-refractivity contribution in [3.05, 3.63) is 41.3 Å². The topological polar surface area (TPSA) is 98.2 Å². The molecule has 0 fully saturated rings. The number of nitrogens with zero attached hydrogens (tertiary/aromatic N) is 1. The molecule has 3 N–H and O–H groups in total. The first-order valence-corrected chi connectivity index (χ1v) is 7.56. The van der Waals surface area contributed by atoms with E-state index in [2.05, 4.69) is 9.88 Å². The summed E-state index contributed by atoms with van der Waals surface area (Å²) in [5.74, 6) is 0.225. The van der Waals surface area contributed by atoms with Crippen LogP contribution in [0.4, 0.5) is 5.69 Å². The maximum atomic E-state index is 12.4. The summed E-state index contributed by atoms with van der Waals surface area (Å²) >= 11 is 4.90. The molecule has 1 aromatic carbocycles. The molecule has 0 atom stereocenters. The van der Waals surface area contributed by atoms with Crippen molar-refractivity contribution in [3.63, 3.8) is 0 Å². The van der Waals surface area contributed by atoms with E-state index < -0.39 is 10.0 Å². The largest absolute Gasteiger partial charge is 0.389 e. The molecule has 0 saturated heterocycles. The number of aromatic nitrogens is 1. The maximum Gasteiger partial charge on any atom is 0.267 e. The van der Waals surface area contributed by atoms with Crippen LogP contribution >= 0.6 is 12.2 Å². The van der Waals surface area contributed by atoms with Crippen molar-refractivity contribution >= 4 is 32.9 Å². The molecule has 0 saturated carbocycles. The van der Waals surface area contributed by atoms with E-state index in [1.807, 2.05) is 0 Å². The Bertz CT molecular complexity index is 747. The molecule has 2 rings (SSSR count). The molecule has 0 bridgehead atoms. The summed E-state index contributed by atoms with van der Waals surface area (Å²) in [7, 11) is -3.81. The van der Waals surface area contributed by atoms with Gasteiger partial charge in [-0.1, -0.05) is 29.5 Å². The van der Waals surface area contributed by atoms with Crippen LogP contribution in [-0.2, 0) is 10.0 Å². The Kier molecular flexibility index (Phi) is 3.78. The van der Waals surface area contributed by atoms with Crippen LogP contribution in [0.5, 0.6) is 0 Å². The molecule has 0 amide bonds. The minimum Gasteiger partial charge on any atom is -0.389 e. The number of sulfonamides is 1. The molecular weight excluding hydrogens is 298 g/mol. The zero-order chi connectivity index (χ0) is 14.9. The summed E-state index contributed by atoms with van der Waals surface area (Å²) in [6, 6.07) is 6.65. The Morgan fingerprint density at radius 1 is 1.35 bits per heavy atom. The van der Waals surface area contributed by atoms with E-state index in [1.165, 1.54) is 6.92 Å². The molecule has 8 heteroatoms. The van der Waals surface area contributed by atoms with Crippen molar-refractivity contribution in [1.29, 1.82) is 0 Å². The minimum absolute atomic E-state index is 0.0234. The Balaban J connectivity index is 2.47. The van der Waals surface area contributed by atoms with E-state index in [1.54, 1.807) is 31.2 Å². The lowest BCUT2D eigenvalue weighted by Gasteiger charge is -2.11. The van der Waals surface area contributed by atoms with Crippen LogP contribution in [-0.4, -0.2) is 18.6 Å². The highest BCUT2D eigenvalue weighted by molar-refractivity contribution is 7.92. The summed E-state index contributed by atoms with van der Waals surface area (Å²) in [5.41, 5.74) is 6.65. The minimum atomic E-state index is -3.81. The predicted octanol–water partition coefficient (Wildman–Crippen LogP) is 1.73. The zero-order valence-corrected chi connectivity index (χ0v) is 12.5. The van der Waals surface area contributed by atoms with Gasteiger partial charge >= 0.3 is 0 Å². The van der Waals surface area contributed by atoms with Crippen molar-refractivity contribution in [2.45, 2.75) is 18.7 Å².